The van der Waals surface area contributed by atoms with Crippen LogP contribution in [0.3, 0.4) is 0 Å². The molecular weight excluding hydrogens is 462 g/mol. The minimum Gasteiger partial charge on any atom is -0.493 e. The van der Waals surface area contributed by atoms with Crippen LogP contribution < -0.4 is 9.47 Å². The summed E-state index contributed by atoms with van der Waals surface area (Å²) in [5.41, 5.74) is 0.400. The number of piperidine rings is 1. The maximum Gasteiger partial charge on any atom is 0.317 e. The van der Waals surface area contributed by atoms with Gasteiger partial charge in [-0.05, 0) is 64.4 Å². The van der Waals surface area contributed by atoms with E-state index in [1.54, 1.807) is 31.4 Å². The Bertz CT molecular complexity index is 883. The summed E-state index contributed by atoms with van der Waals surface area (Å²) in [5.74, 6) is 0.478. The van der Waals surface area contributed by atoms with Gasteiger partial charge in [-0.3, -0.25) is 9.59 Å². The molecular formula is C24H32BrNO5. The van der Waals surface area contributed by atoms with Crippen molar-refractivity contribution in [3.8, 4) is 11.5 Å². The van der Waals surface area contributed by atoms with Crippen LogP contribution in [0.2, 0.25) is 0 Å². The molecule has 1 aliphatic carbocycles. The maximum atomic E-state index is 13.6. The number of allylic oxidation sites excluding steroid dienone is 1. The Morgan fingerprint density at radius 2 is 2.00 bits per heavy atom. The number of hydrogen-bond acceptors (Lipinski definition) is 6. The molecule has 2 aliphatic rings. The van der Waals surface area contributed by atoms with Gasteiger partial charge in [0.05, 0.1) is 29.7 Å². The Hall–Kier alpha value is -1.86. The van der Waals surface area contributed by atoms with Gasteiger partial charge in [0.2, 0.25) is 0 Å². The number of halogens is 1. The van der Waals surface area contributed by atoms with Gasteiger partial charge in [-0.25, -0.2) is 0 Å². The lowest BCUT2D eigenvalue weighted by Gasteiger charge is -2.53. The van der Waals surface area contributed by atoms with Crippen LogP contribution in [-0.2, 0) is 9.53 Å². The highest BCUT2D eigenvalue weighted by molar-refractivity contribution is 9.10. The van der Waals surface area contributed by atoms with Crippen LogP contribution in [0.5, 0.6) is 11.5 Å². The highest BCUT2D eigenvalue weighted by atomic mass is 79.9. The van der Waals surface area contributed by atoms with E-state index < -0.39 is 9.74 Å². The second-order valence-electron chi connectivity index (χ2n) is 8.72. The molecule has 0 aromatic heterocycles. The number of ether oxygens (including phenoxy) is 3. The van der Waals surface area contributed by atoms with Crippen molar-refractivity contribution in [1.82, 2.24) is 4.90 Å². The molecule has 2 atom stereocenters. The predicted octanol–water partition coefficient (Wildman–Crippen LogP) is 4.40. The molecule has 0 radical (unpaired) electrons. The van der Waals surface area contributed by atoms with E-state index in [1.807, 2.05) is 27.8 Å². The molecule has 1 saturated carbocycles. The van der Waals surface area contributed by atoms with E-state index in [1.165, 1.54) is 0 Å². The zero-order valence-corrected chi connectivity index (χ0v) is 20.6. The van der Waals surface area contributed by atoms with Gasteiger partial charge < -0.3 is 19.1 Å². The summed E-state index contributed by atoms with van der Waals surface area (Å²) in [6.45, 7) is 7.19. The number of benzene rings is 1. The number of hydrogen-bond donors (Lipinski definition) is 0. The molecule has 0 unspecified atom stereocenters. The van der Waals surface area contributed by atoms with Crippen LogP contribution in [0.1, 0.15) is 50.4 Å². The number of methoxy groups -OCH3 is 1. The van der Waals surface area contributed by atoms with Crippen LogP contribution in [0.25, 0.3) is 0 Å². The van der Waals surface area contributed by atoms with Gasteiger partial charge in [0, 0.05) is 13.1 Å². The van der Waals surface area contributed by atoms with E-state index in [0.717, 1.165) is 25.0 Å². The molecule has 6 nitrogen and oxygen atoms in total. The Morgan fingerprint density at radius 1 is 1.26 bits per heavy atom. The number of alkyl halides is 1. The van der Waals surface area contributed by atoms with E-state index in [4.69, 9.17) is 14.2 Å². The Kier molecular flexibility index (Phi) is 7.16. The summed E-state index contributed by atoms with van der Waals surface area (Å²) in [6, 6.07) is 5.29. The number of carbonyl (C=O) groups is 2. The third kappa shape index (κ3) is 4.53. The molecule has 7 heteroatoms. The minimum atomic E-state index is -0.835. The monoisotopic (exact) mass is 493 g/mol. The molecule has 0 amide bonds. The quantitative estimate of drug-likeness (QED) is 0.242. The van der Waals surface area contributed by atoms with Crippen LogP contribution in [0.15, 0.2) is 29.8 Å². The Balaban J connectivity index is 2.12. The third-order valence-corrected chi connectivity index (χ3v) is 7.07. The van der Waals surface area contributed by atoms with Gasteiger partial charge in [-0.15, -0.1) is 0 Å². The van der Waals surface area contributed by atoms with Gasteiger partial charge >= 0.3 is 5.97 Å². The fourth-order valence-electron chi connectivity index (χ4n) is 4.89. The first-order valence-electron chi connectivity index (χ1n) is 10.8. The first kappa shape index (κ1) is 23.8. The second-order valence-corrected chi connectivity index (χ2v) is 10.2. The Morgan fingerprint density at radius 3 is 2.65 bits per heavy atom. The van der Waals surface area contributed by atoms with Crippen LogP contribution in [0.4, 0.5) is 0 Å². The molecule has 170 valence electrons. The van der Waals surface area contributed by atoms with E-state index >= 15 is 0 Å². The molecule has 2 fully saturated rings. The summed E-state index contributed by atoms with van der Waals surface area (Å²) < 4.78 is 16.4. The number of ketones is 1. The van der Waals surface area contributed by atoms with Crippen molar-refractivity contribution in [1.29, 1.82) is 0 Å². The molecule has 2 bridgehead atoms. The molecule has 1 aromatic carbocycles. The molecule has 31 heavy (non-hydrogen) atoms. The van der Waals surface area contributed by atoms with E-state index in [9.17, 15) is 9.59 Å². The lowest BCUT2D eigenvalue weighted by molar-refractivity contribution is -0.157. The molecule has 1 aromatic rings. The van der Waals surface area contributed by atoms with Crippen molar-refractivity contribution in [2.75, 3.05) is 33.9 Å². The SMILES string of the molecule is CCOC(=O)[C@]12CCC[C@](Br)(CN(C)C1)/C2=C/C(=O)c1cccc(OC)c1OC(C)C. The summed E-state index contributed by atoms with van der Waals surface area (Å²) in [5, 5.41) is 0. The summed E-state index contributed by atoms with van der Waals surface area (Å²) >= 11 is 3.91. The normalized spacial score (nSPS) is 27.3. The van der Waals surface area contributed by atoms with Crippen molar-refractivity contribution >= 4 is 27.7 Å². The number of esters is 1. The van der Waals surface area contributed by atoms with Crippen LogP contribution in [-0.4, -0.2) is 60.9 Å². The average molecular weight is 494 g/mol. The lowest BCUT2D eigenvalue weighted by Crippen LogP contribution is -2.60. The molecule has 0 N–H and O–H groups in total. The second kappa shape index (κ2) is 9.33. The first-order chi connectivity index (χ1) is 14.7. The van der Waals surface area contributed by atoms with E-state index in [2.05, 4.69) is 20.8 Å². The zero-order valence-electron chi connectivity index (χ0n) is 19.0. The summed E-state index contributed by atoms with van der Waals surface area (Å²) in [7, 11) is 3.56. The van der Waals surface area contributed by atoms with Crippen molar-refractivity contribution < 1.29 is 23.8 Å². The number of fused-ring (bicyclic) bond motifs is 2. The number of carbonyl (C=O) groups excluding carboxylic acids is 2. The van der Waals surface area contributed by atoms with Crippen LogP contribution >= 0.6 is 15.9 Å². The third-order valence-electron chi connectivity index (χ3n) is 5.99. The van der Waals surface area contributed by atoms with Gasteiger partial charge in [0.1, 0.15) is 5.41 Å². The van der Waals surface area contributed by atoms with Gasteiger partial charge in [-0.2, -0.15) is 0 Å². The van der Waals surface area contributed by atoms with Crippen molar-refractivity contribution in [2.24, 2.45) is 5.41 Å². The van der Waals surface area contributed by atoms with Crippen molar-refractivity contribution in [3.63, 3.8) is 0 Å². The average Bonchev–Trinajstić information content (AvgIpc) is 2.69. The highest BCUT2D eigenvalue weighted by Crippen LogP contribution is 2.55. The topological polar surface area (TPSA) is 65.1 Å². The number of rotatable bonds is 7. The lowest BCUT2D eigenvalue weighted by atomic mass is 9.62. The largest absolute Gasteiger partial charge is 0.493 e. The summed E-state index contributed by atoms with van der Waals surface area (Å²) in [6.07, 6.45) is 3.93. The van der Waals surface area contributed by atoms with Crippen molar-refractivity contribution in [2.45, 2.75) is 50.5 Å². The maximum absolute atomic E-state index is 13.6. The van der Waals surface area contributed by atoms with Gasteiger partial charge in [0.25, 0.3) is 0 Å². The Labute approximate surface area is 193 Å². The fourth-order valence-corrected chi connectivity index (χ4v) is 6.09. The van der Waals surface area contributed by atoms with E-state index in [0.29, 0.717) is 36.6 Å². The minimum absolute atomic E-state index is 0.119. The molecule has 1 heterocycles. The first-order valence-corrected chi connectivity index (χ1v) is 11.6. The molecule has 3 rings (SSSR count). The molecule has 1 saturated heterocycles. The smallest absolute Gasteiger partial charge is 0.317 e. The van der Waals surface area contributed by atoms with Gasteiger partial charge in [-0.1, -0.05) is 28.4 Å². The fraction of sp³-hybridized carbons (Fsp3) is 0.583. The number of likely N-dealkylation sites (tertiary alicyclic amines) is 1. The molecule has 0 spiro atoms. The highest BCUT2D eigenvalue weighted by Gasteiger charge is 2.57. The molecule has 1 aliphatic heterocycles. The number of nitrogens with zero attached hydrogens (tertiary/aromatic N) is 1. The van der Waals surface area contributed by atoms with Crippen molar-refractivity contribution in [3.05, 3.63) is 35.4 Å². The van der Waals surface area contributed by atoms with Crippen LogP contribution in [0, 0.1) is 5.41 Å². The standard InChI is InChI=1S/C24H32BrNO5/c1-6-30-22(28)23-11-8-12-24(25,15-26(4)14-23)20(23)13-18(27)17-9-7-10-19(29-5)21(17)31-16(2)3/h7,9-10,13,16H,6,8,11-12,14-15H2,1-5H3/b20-13+/t23-,24+/m1/s1. The number of para-hydroxylation sites is 1. The van der Waals surface area contributed by atoms with Gasteiger partial charge in [0.15, 0.2) is 17.3 Å². The zero-order chi connectivity index (χ0) is 22.8. The predicted molar refractivity (Wildman–Crippen MR) is 123 cm³/mol. The summed E-state index contributed by atoms with van der Waals surface area (Å²) in [4.78, 5) is 28.9. The van der Waals surface area contributed by atoms with E-state index in [-0.39, 0.29) is 17.9 Å².